The zero-order valence-electron chi connectivity index (χ0n) is 12.8. The quantitative estimate of drug-likeness (QED) is 0.574. The summed E-state index contributed by atoms with van der Waals surface area (Å²) in [6.07, 6.45) is 0. The van der Waals surface area contributed by atoms with Gasteiger partial charge in [0.25, 0.3) is 5.91 Å². The predicted octanol–water partition coefficient (Wildman–Crippen LogP) is 4.85. The van der Waals surface area contributed by atoms with E-state index in [1.165, 1.54) is 22.7 Å². The number of nitrogens with zero attached hydrogens (tertiary/aromatic N) is 2. The average Bonchev–Trinajstić information content (AvgIpc) is 3.11. The van der Waals surface area contributed by atoms with E-state index >= 15 is 0 Å². The molecule has 1 aromatic carbocycles. The van der Waals surface area contributed by atoms with Crippen LogP contribution in [0.1, 0.15) is 16.6 Å². The van der Waals surface area contributed by atoms with Crippen molar-refractivity contribution in [2.45, 2.75) is 13.5 Å². The highest BCUT2D eigenvalue weighted by Crippen LogP contribution is 2.23. The number of hydrogen-bond donors (Lipinski definition) is 0. The summed E-state index contributed by atoms with van der Waals surface area (Å²) >= 11 is 14.6. The van der Waals surface area contributed by atoms with Crippen LogP contribution < -0.4 is 4.80 Å². The monoisotopic (exact) mass is 400 g/mol. The van der Waals surface area contributed by atoms with Crippen molar-refractivity contribution < 1.29 is 9.53 Å². The van der Waals surface area contributed by atoms with E-state index in [1.54, 1.807) is 12.1 Å². The molecule has 2 aromatic heterocycles. The fourth-order valence-corrected chi connectivity index (χ4v) is 4.48. The smallest absolute Gasteiger partial charge is 0.289 e. The van der Waals surface area contributed by atoms with Crippen molar-refractivity contribution in [2.24, 2.45) is 4.99 Å². The summed E-state index contributed by atoms with van der Waals surface area (Å²) in [5, 5.41) is 0.656. The molecule has 0 spiro atoms. The maximum absolute atomic E-state index is 12.4. The highest BCUT2D eigenvalue weighted by atomic mass is 35.5. The van der Waals surface area contributed by atoms with Gasteiger partial charge >= 0.3 is 0 Å². The van der Waals surface area contributed by atoms with Crippen molar-refractivity contribution in [1.29, 1.82) is 0 Å². The molecule has 0 bridgehead atoms. The molecule has 0 N–H and O–H groups in total. The number of carbonyl (C=O) groups is 1. The summed E-state index contributed by atoms with van der Waals surface area (Å²) in [4.78, 5) is 17.8. The molecule has 2 heterocycles. The number of benzene rings is 1. The zero-order valence-corrected chi connectivity index (χ0v) is 15.9. The van der Waals surface area contributed by atoms with Crippen LogP contribution in [-0.2, 0) is 11.3 Å². The fourth-order valence-electron chi connectivity index (χ4n) is 2.22. The molecular weight excluding hydrogens is 387 g/mol. The van der Waals surface area contributed by atoms with Gasteiger partial charge in [0, 0.05) is 18.2 Å². The Balaban J connectivity index is 2.06. The number of aromatic nitrogens is 1. The summed E-state index contributed by atoms with van der Waals surface area (Å²) in [6.45, 7) is 3.77. The first kappa shape index (κ1) is 17.6. The molecule has 0 atom stereocenters. The highest BCUT2D eigenvalue weighted by Gasteiger charge is 2.11. The molecule has 126 valence electrons. The largest absolute Gasteiger partial charge is 0.380 e. The van der Waals surface area contributed by atoms with Crippen LogP contribution in [0.3, 0.4) is 0 Å². The van der Waals surface area contributed by atoms with Crippen LogP contribution in [0.25, 0.3) is 10.2 Å². The number of hydrogen-bond acceptors (Lipinski definition) is 4. The number of amides is 1. The second-order valence-corrected chi connectivity index (χ2v) is 8.03. The van der Waals surface area contributed by atoms with Gasteiger partial charge in [0.2, 0.25) is 0 Å². The third-order valence-electron chi connectivity index (χ3n) is 3.29. The lowest BCUT2D eigenvalue weighted by Crippen LogP contribution is -2.19. The third kappa shape index (κ3) is 3.90. The Hall–Kier alpha value is -1.18. The number of rotatable bonds is 5. The molecular formula is C16H14Cl2N2O2S2. The van der Waals surface area contributed by atoms with Crippen molar-refractivity contribution in [3.63, 3.8) is 0 Å². The van der Waals surface area contributed by atoms with Gasteiger partial charge in [0.1, 0.15) is 0 Å². The van der Waals surface area contributed by atoms with Crippen molar-refractivity contribution >= 4 is 62.0 Å². The molecule has 0 aliphatic carbocycles. The average molecular weight is 401 g/mol. The first-order valence-corrected chi connectivity index (χ1v) is 9.68. The number of fused-ring (bicyclic) bond motifs is 1. The van der Waals surface area contributed by atoms with Crippen LogP contribution in [0.2, 0.25) is 9.36 Å². The van der Waals surface area contributed by atoms with Crippen LogP contribution in [0.15, 0.2) is 35.3 Å². The Morgan fingerprint density at radius 2 is 2.08 bits per heavy atom. The Labute approximate surface area is 156 Å². The molecule has 24 heavy (non-hydrogen) atoms. The van der Waals surface area contributed by atoms with Crippen LogP contribution in [0, 0.1) is 0 Å². The minimum absolute atomic E-state index is 0.297. The normalized spacial score (nSPS) is 12.2. The highest BCUT2D eigenvalue weighted by molar-refractivity contribution is 7.18. The van der Waals surface area contributed by atoms with Crippen molar-refractivity contribution in [3.05, 3.63) is 49.4 Å². The molecule has 0 aliphatic heterocycles. The van der Waals surface area contributed by atoms with Gasteiger partial charge in [-0.05, 0) is 37.3 Å². The first-order chi connectivity index (χ1) is 11.6. The van der Waals surface area contributed by atoms with Gasteiger partial charge in [-0.15, -0.1) is 11.3 Å². The first-order valence-electron chi connectivity index (χ1n) is 7.29. The Morgan fingerprint density at radius 1 is 1.25 bits per heavy atom. The molecule has 3 aromatic rings. The van der Waals surface area contributed by atoms with E-state index in [4.69, 9.17) is 27.9 Å². The summed E-state index contributed by atoms with van der Waals surface area (Å²) in [5.74, 6) is -0.297. The van der Waals surface area contributed by atoms with E-state index in [1.807, 2.05) is 29.7 Å². The molecule has 3 rings (SSSR count). The van der Waals surface area contributed by atoms with Crippen LogP contribution >= 0.6 is 45.9 Å². The molecule has 0 unspecified atom stereocenters. The third-order valence-corrected chi connectivity index (χ3v) is 5.78. The molecule has 0 saturated heterocycles. The van der Waals surface area contributed by atoms with Gasteiger partial charge in [-0.2, -0.15) is 4.99 Å². The number of ether oxygens (including phenoxy) is 1. The van der Waals surface area contributed by atoms with Gasteiger partial charge in [-0.1, -0.05) is 34.5 Å². The van der Waals surface area contributed by atoms with Gasteiger partial charge < -0.3 is 9.30 Å². The number of thiophene rings is 1. The van der Waals surface area contributed by atoms with E-state index in [0.29, 0.717) is 38.8 Å². The maximum Gasteiger partial charge on any atom is 0.289 e. The van der Waals surface area contributed by atoms with Crippen LogP contribution in [0.4, 0.5) is 0 Å². The predicted molar refractivity (Wildman–Crippen MR) is 101 cm³/mol. The zero-order chi connectivity index (χ0) is 17.1. The molecule has 4 nitrogen and oxygen atoms in total. The summed E-state index contributed by atoms with van der Waals surface area (Å²) < 4.78 is 8.98. The van der Waals surface area contributed by atoms with E-state index in [0.717, 1.165) is 10.2 Å². The molecule has 1 amide bonds. The summed E-state index contributed by atoms with van der Waals surface area (Å²) in [6, 6.07) is 9.03. The standard InChI is InChI=1S/C16H14Cl2N2O2S2/c1-2-22-8-7-20-11-4-3-10(17)9-13(11)24-16(20)19-15(21)12-5-6-14(18)23-12/h3-6,9H,2,7-8H2,1H3. The number of carbonyl (C=O) groups excluding carboxylic acids is 1. The van der Waals surface area contributed by atoms with Crippen molar-refractivity contribution in [1.82, 2.24) is 4.57 Å². The molecule has 0 saturated carbocycles. The second kappa shape index (κ2) is 7.80. The van der Waals surface area contributed by atoms with Crippen molar-refractivity contribution in [3.8, 4) is 0 Å². The lowest BCUT2D eigenvalue weighted by molar-refractivity contribution is 0.100. The molecule has 8 heteroatoms. The summed E-state index contributed by atoms with van der Waals surface area (Å²) in [7, 11) is 0. The molecule has 0 fully saturated rings. The van der Waals surface area contributed by atoms with E-state index in [2.05, 4.69) is 4.99 Å². The minimum atomic E-state index is -0.297. The van der Waals surface area contributed by atoms with Crippen LogP contribution in [-0.4, -0.2) is 23.7 Å². The Bertz CT molecular complexity index is 943. The number of thiazole rings is 1. The Kier molecular flexibility index (Phi) is 5.73. The van der Waals surface area contributed by atoms with E-state index < -0.39 is 0 Å². The SMILES string of the molecule is CCOCCn1c(=NC(=O)c2ccc(Cl)s2)sc2cc(Cl)ccc21. The number of halogens is 2. The van der Waals surface area contributed by atoms with Crippen LogP contribution in [0.5, 0.6) is 0 Å². The van der Waals surface area contributed by atoms with Crippen molar-refractivity contribution in [2.75, 3.05) is 13.2 Å². The Morgan fingerprint density at radius 3 is 2.79 bits per heavy atom. The van der Waals surface area contributed by atoms with Gasteiger partial charge in [-0.25, -0.2) is 0 Å². The summed E-state index contributed by atoms with van der Waals surface area (Å²) in [5.41, 5.74) is 0.986. The lowest BCUT2D eigenvalue weighted by Gasteiger charge is -2.05. The minimum Gasteiger partial charge on any atom is -0.380 e. The topological polar surface area (TPSA) is 43.6 Å². The van der Waals surface area contributed by atoms with E-state index in [-0.39, 0.29) is 5.91 Å². The van der Waals surface area contributed by atoms with E-state index in [9.17, 15) is 4.79 Å². The van der Waals surface area contributed by atoms with Gasteiger partial charge in [-0.3, -0.25) is 4.79 Å². The maximum atomic E-state index is 12.4. The lowest BCUT2D eigenvalue weighted by atomic mass is 10.3. The fraction of sp³-hybridized carbons (Fsp3) is 0.250. The van der Waals surface area contributed by atoms with Gasteiger partial charge in [0.15, 0.2) is 4.80 Å². The second-order valence-electron chi connectivity index (χ2n) is 4.87. The molecule has 0 aliphatic rings. The van der Waals surface area contributed by atoms with Gasteiger partial charge in [0.05, 0.1) is 26.0 Å². The molecule has 0 radical (unpaired) electrons.